The Balaban J connectivity index is 2.04. The molecule has 0 spiro atoms. The van der Waals surface area contributed by atoms with E-state index < -0.39 is 0 Å². The Morgan fingerprint density at radius 2 is 1.76 bits per heavy atom. The summed E-state index contributed by atoms with van der Waals surface area (Å²) in [6, 6.07) is 12.6. The van der Waals surface area contributed by atoms with Crippen molar-refractivity contribution in [3.8, 4) is 28.8 Å². The lowest BCUT2D eigenvalue weighted by atomic mass is 10.1. The molecule has 0 saturated heterocycles. The van der Waals surface area contributed by atoms with Crippen LogP contribution in [0.25, 0.3) is 11.3 Å². The maximum atomic E-state index is 9.44. The number of benzene rings is 2. The van der Waals surface area contributed by atoms with Crippen LogP contribution in [0.5, 0.6) is 11.5 Å². The third-order valence-corrected chi connectivity index (χ3v) is 4.68. The summed E-state index contributed by atoms with van der Waals surface area (Å²) in [7, 11) is 0. The van der Waals surface area contributed by atoms with Crippen LogP contribution in [0.3, 0.4) is 0 Å². The Morgan fingerprint density at radius 3 is 2.45 bits per heavy atom. The molecule has 0 aliphatic carbocycles. The van der Waals surface area contributed by atoms with Crippen molar-refractivity contribution < 1.29 is 9.47 Å². The summed E-state index contributed by atoms with van der Waals surface area (Å²) in [5, 5.41) is 10.3. The Bertz CT molecular complexity index is 1100. The van der Waals surface area contributed by atoms with Gasteiger partial charge in [0.15, 0.2) is 11.5 Å². The number of nitrogens with two attached hydrogens (primary N) is 2. The summed E-state index contributed by atoms with van der Waals surface area (Å²) in [4.78, 5) is 7.96. The van der Waals surface area contributed by atoms with Crippen LogP contribution in [0.2, 0.25) is 10.0 Å². The molecule has 7 nitrogen and oxygen atoms in total. The lowest BCUT2D eigenvalue weighted by Crippen LogP contribution is -2.06. The standard InChI is InChI=1S/C20H17Cl2N5O2/c1-2-28-16-7-12(18-13(9-23)19(24)27-20(25)26-18)15(22)8-17(16)29-10-11-5-3-4-6-14(11)21/h3-8H,2,10H2,1H3,(H4,24,25,26,27). The Morgan fingerprint density at radius 1 is 1.03 bits per heavy atom. The molecule has 148 valence electrons. The third-order valence-electron chi connectivity index (χ3n) is 4.00. The summed E-state index contributed by atoms with van der Waals surface area (Å²) < 4.78 is 11.6. The first-order chi connectivity index (χ1) is 13.9. The van der Waals surface area contributed by atoms with Crippen molar-refractivity contribution in [1.82, 2.24) is 9.97 Å². The predicted octanol–water partition coefficient (Wildman–Crippen LogP) is 4.46. The lowest BCUT2D eigenvalue weighted by molar-refractivity contribution is 0.269. The number of aromatic nitrogens is 2. The van der Waals surface area contributed by atoms with Gasteiger partial charge in [0.25, 0.3) is 0 Å². The summed E-state index contributed by atoms with van der Waals surface area (Å²) in [5.74, 6) is 0.764. The SMILES string of the molecule is CCOc1cc(-c2nc(N)nc(N)c2C#N)c(Cl)cc1OCc1ccccc1Cl. The van der Waals surface area contributed by atoms with Gasteiger partial charge in [-0.15, -0.1) is 0 Å². The van der Waals surface area contributed by atoms with Crippen molar-refractivity contribution in [1.29, 1.82) is 5.26 Å². The highest BCUT2D eigenvalue weighted by atomic mass is 35.5. The number of hydrogen-bond donors (Lipinski definition) is 2. The minimum atomic E-state index is -0.0652. The van der Waals surface area contributed by atoms with E-state index >= 15 is 0 Å². The molecule has 3 aromatic rings. The summed E-state index contributed by atoms with van der Waals surface area (Å²) in [5.41, 5.74) is 13.1. The molecule has 0 aliphatic heterocycles. The molecular formula is C20H17Cl2N5O2. The minimum Gasteiger partial charge on any atom is -0.490 e. The number of nitrogen functional groups attached to an aromatic ring is 2. The highest BCUT2D eigenvalue weighted by Gasteiger charge is 2.19. The second-order valence-corrected chi connectivity index (χ2v) is 6.71. The quantitative estimate of drug-likeness (QED) is 0.592. The minimum absolute atomic E-state index is 0.0249. The van der Waals surface area contributed by atoms with Crippen LogP contribution in [0.4, 0.5) is 11.8 Å². The van der Waals surface area contributed by atoms with Gasteiger partial charge in [0.1, 0.15) is 24.1 Å². The zero-order chi connectivity index (χ0) is 21.0. The van der Waals surface area contributed by atoms with Gasteiger partial charge in [-0.3, -0.25) is 0 Å². The van der Waals surface area contributed by atoms with Gasteiger partial charge in [0.2, 0.25) is 5.95 Å². The number of hydrogen-bond acceptors (Lipinski definition) is 7. The van der Waals surface area contributed by atoms with Crippen molar-refractivity contribution in [2.24, 2.45) is 0 Å². The van der Waals surface area contributed by atoms with Crippen molar-refractivity contribution in [3.63, 3.8) is 0 Å². The number of rotatable bonds is 6. The van der Waals surface area contributed by atoms with E-state index in [9.17, 15) is 5.26 Å². The highest BCUT2D eigenvalue weighted by molar-refractivity contribution is 6.33. The number of anilines is 2. The van der Waals surface area contributed by atoms with Crippen LogP contribution < -0.4 is 20.9 Å². The third kappa shape index (κ3) is 4.45. The topological polar surface area (TPSA) is 120 Å². The summed E-state index contributed by atoms with van der Waals surface area (Å²) in [6.07, 6.45) is 0. The fourth-order valence-corrected chi connectivity index (χ4v) is 3.10. The zero-order valence-electron chi connectivity index (χ0n) is 15.4. The van der Waals surface area contributed by atoms with Crippen molar-refractivity contribution in [3.05, 3.63) is 57.6 Å². The Labute approximate surface area is 177 Å². The van der Waals surface area contributed by atoms with Gasteiger partial charge in [-0.1, -0.05) is 41.4 Å². The van der Waals surface area contributed by atoms with Gasteiger partial charge in [0, 0.05) is 22.2 Å². The van der Waals surface area contributed by atoms with E-state index in [1.54, 1.807) is 18.2 Å². The Kier molecular flexibility index (Phi) is 6.27. The molecule has 0 radical (unpaired) electrons. The molecule has 0 amide bonds. The maximum absolute atomic E-state index is 9.44. The molecule has 0 bridgehead atoms. The molecule has 9 heteroatoms. The fraction of sp³-hybridized carbons (Fsp3) is 0.150. The second kappa shape index (κ2) is 8.86. The molecule has 1 aromatic heterocycles. The molecule has 0 fully saturated rings. The van der Waals surface area contributed by atoms with Gasteiger partial charge in [-0.25, -0.2) is 4.98 Å². The van der Waals surface area contributed by atoms with Crippen molar-refractivity contribution in [2.75, 3.05) is 18.1 Å². The van der Waals surface area contributed by atoms with E-state index in [-0.39, 0.29) is 34.7 Å². The van der Waals surface area contributed by atoms with Gasteiger partial charge >= 0.3 is 0 Å². The summed E-state index contributed by atoms with van der Waals surface area (Å²) >= 11 is 12.7. The molecule has 0 atom stereocenters. The van der Waals surface area contributed by atoms with Crippen LogP contribution in [0.15, 0.2) is 36.4 Å². The largest absolute Gasteiger partial charge is 0.490 e. The average Bonchev–Trinajstić information content (AvgIpc) is 2.68. The maximum Gasteiger partial charge on any atom is 0.222 e. The Hall–Kier alpha value is -3.21. The number of halogens is 2. The predicted molar refractivity (Wildman–Crippen MR) is 113 cm³/mol. The first-order valence-corrected chi connectivity index (χ1v) is 9.36. The lowest BCUT2D eigenvalue weighted by Gasteiger charge is -2.16. The van der Waals surface area contributed by atoms with E-state index in [4.69, 9.17) is 44.1 Å². The van der Waals surface area contributed by atoms with E-state index in [2.05, 4.69) is 9.97 Å². The molecule has 4 N–H and O–H groups in total. The normalized spacial score (nSPS) is 10.4. The second-order valence-electron chi connectivity index (χ2n) is 5.89. The molecule has 0 unspecified atom stereocenters. The molecule has 2 aromatic carbocycles. The van der Waals surface area contributed by atoms with Gasteiger partial charge < -0.3 is 20.9 Å². The molecule has 3 rings (SSSR count). The first-order valence-electron chi connectivity index (χ1n) is 8.60. The molecule has 1 heterocycles. The molecule has 0 aliphatic rings. The highest BCUT2D eigenvalue weighted by Crippen LogP contribution is 2.40. The molecule has 0 saturated carbocycles. The smallest absolute Gasteiger partial charge is 0.222 e. The van der Waals surface area contributed by atoms with E-state index in [1.165, 1.54) is 0 Å². The van der Waals surface area contributed by atoms with Crippen molar-refractivity contribution in [2.45, 2.75) is 13.5 Å². The average molecular weight is 430 g/mol. The van der Waals surface area contributed by atoms with Gasteiger partial charge in [-0.2, -0.15) is 10.2 Å². The van der Waals surface area contributed by atoms with Gasteiger partial charge in [-0.05, 0) is 19.1 Å². The van der Waals surface area contributed by atoms with Crippen LogP contribution in [-0.4, -0.2) is 16.6 Å². The zero-order valence-corrected chi connectivity index (χ0v) is 17.0. The van der Waals surface area contributed by atoms with E-state index in [0.29, 0.717) is 28.7 Å². The van der Waals surface area contributed by atoms with Crippen LogP contribution in [-0.2, 0) is 6.61 Å². The number of nitriles is 1. The van der Waals surface area contributed by atoms with E-state index in [1.807, 2.05) is 31.2 Å². The summed E-state index contributed by atoms with van der Waals surface area (Å²) in [6.45, 7) is 2.46. The number of nitrogens with zero attached hydrogens (tertiary/aromatic N) is 3. The first kappa shape index (κ1) is 20.5. The molecular weight excluding hydrogens is 413 g/mol. The monoisotopic (exact) mass is 429 g/mol. The number of ether oxygens (including phenoxy) is 2. The van der Waals surface area contributed by atoms with Crippen LogP contribution in [0.1, 0.15) is 18.1 Å². The van der Waals surface area contributed by atoms with E-state index in [0.717, 1.165) is 5.56 Å². The van der Waals surface area contributed by atoms with Crippen LogP contribution >= 0.6 is 23.2 Å². The van der Waals surface area contributed by atoms with Gasteiger partial charge in [0.05, 0.1) is 17.3 Å². The molecule has 29 heavy (non-hydrogen) atoms. The fourth-order valence-electron chi connectivity index (χ4n) is 2.67. The van der Waals surface area contributed by atoms with Crippen LogP contribution in [0, 0.1) is 11.3 Å². The van der Waals surface area contributed by atoms with Crippen molar-refractivity contribution >= 4 is 35.0 Å².